The second kappa shape index (κ2) is 6.43. The Labute approximate surface area is 127 Å². The van der Waals surface area contributed by atoms with Gasteiger partial charge in [0.1, 0.15) is 0 Å². The summed E-state index contributed by atoms with van der Waals surface area (Å²) in [4.78, 5) is 0.468. The molecule has 0 saturated carbocycles. The van der Waals surface area contributed by atoms with Crippen LogP contribution in [0.2, 0.25) is 0 Å². The molecule has 1 fully saturated rings. The summed E-state index contributed by atoms with van der Waals surface area (Å²) < 4.78 is 26.7. The Morgan fingerprint density at radius 2 is 1.65 bits per heavy atom. The van der Waals surface area contributed by atoms with Crippen molar-refractivity contribution in [3.8, 4) is 0 Å². The molecule has 2 aliphatic rings. The first kappa shape index (κ1) is 15.8. The molecule has 1 heterocycles. The monoisotopic (exact) mass is 316 g/mol. The standard InChI is InChI=1S/C14H20N2O2S.ClH/c17-19(18,16-9-7-15-8-10-16)14-6-5-12-3-1-2-4-13(12)11-14;/h5-6,11,15H,1-4,7-10H2;1H. The summed E-state index contributed by atoms with van der Waals surface area (Å²) in [5, 5.41) is 3.18. The first-order valence-corrected chi connectivity index (χ1v) is 8.44. The summed E-state index contributed by atoms with van der Waals surface area (Å²) in [6.45, 7) is 2.62. The van der Waals surface area contributed by atoms with E-state index in [0.717, 1.165) is 25.9 Å². The van der Waals surface area contributed by atoms with Crippen molar-refractivity contribution < 1.29 is 8.42 Å². The van der Waals surface area contributed by atoms with Gasteiger partial charge in [-0.05, 0) is 48.9 Å². The van der Waals surface area contributed by atoms with Crippen LogP contribution in [-0.2, 0) is 22.9 Å². The largest absolute Gasteiger partial charge is 0.314 e. The summed E-state index contributed by atoms with van der Waals surface area (Å²) in [7, 11) is -3.30. The zero-order chi connectivity index (χ0) is 13.3. The van der Waals surface area contributed by atoms with Gasteiger partial charge in [0.15, 0.2) is 0 Å². The maximum Gasteiger partial charge on any atom is 0.243 e. The third kappa shape index (κ3) is 3.01. The van der Waals surface area contributed by atoms with Crippen molar-refractivity contribution in [2.75, 3.05) is 26.2 Å². The van der Waals surface area contributed by atoms with E-state index in [-0.39, 0.29) is 12.4 Å². The van der Waals surface area contributed by atoms with Gasteiger partial charge in [0.05, 0.1) is 4.90 Å². The fourth-order valence-corrected chi connectivity index (χ4v) is 4.40. The minimum Gasteiger partial charge on any atom is -0.314 e. The number of benzene rings is 1. The molecule has 1 aromatic carbocycles. The molecular weight excluding hydrogens is 296 g/mol. The normalized spacial score (nSPS) is 20.0. The molecule has 1 saturated heterocycles. The zero-order valence-corrected chi connectivity index (χ0v) is 13.1. The van der Waals surface area contributed by atoms with Gasteiger partial charge in [0.2, 0.25) is 10.0 Å². The van der Waals surface area contributed by atoms with E-state index in [1.807, 2.05) is 12.1 Å². The van der Waals surface area contributed by atoms with Crippen LogP contribution in [0.4, 0.5) is 0 Å². The molecule has 112 valence electrons. The average Bonchev–Trinajstić information content (AvgIpc) is 2.47. The first-order chi connectivity index (χ1) is 9.18. The Hall–Kier alpha value is -0.620. The van der Waals surface area contributed by atoms with Crippen molar-refractivity contribution in [2.45, 2.75) is 30.6 Å². The van der Waals surface area contributed by atoms with Crippen molar-refractivity contribution in [3.05, 3.63) is 29.3 Å². The molecule has 0 radical (unpaired) electrons. The van der Waals surface area contributed by atoms with Crippen LogP contribution in [0.15, 0.2) is 23.1 Å². The third-order valence-electron chi connectivity index (χ3n) is 4.03. The van der Waals surface area contributed by atoms with Crippen molar-refractivity contribution in [3.63, 3.8) is 0 Å². The van der Waals surface area contributed by atoms with Gasteiger partial charge in [0, 0.05) is 26.2 Å². The van der Waals surface area contributed by atoms with E-state index in [4.69, 9.17) is 0 Å². The fourth-order valence-electron chi connectivity index (χ4n) is 2.90. The second-order valence-corrected chi connectivity index (χ2v) is 7.23. The first-order valence-electron chi connectivity index (χ1n) is 7.00. The van der Waals surface area contributed by atoms with Gasteiger partial charge >= 0.3 is 0 Å². The van der Waals surface area contributed by atoms with Gasteiger partial charge in [-0.15, -0.1) is 12.4 Å². The van der Waals surface area contributed by atoms with Gasteiger partial charge in [-0.1, -0.05) is 6.07 Å². The van der Waals surface area contributed by atoms with Crippen LogP contribution in [0.5, 0.6) is 0 Å². The molecule has 0 spiro atoms. The predicted molar refractivity (Wildman–Crippen MR) is 82.0 cm³/mol. The molecule has 0 unspecified atom stereocenters. The highest BCUT2D eigenvalue weighted by Crippen LogP contribution is 2.25. The average molecular weight is 317 g/mol. The molecule has 3 rings (SSSR count). The highest BCUT2D eigenvalue weighted by Gasteiger charge is 2.26. The van der Waals surface area contributed by atoms with E-state index in [1.54, 1.807) is 10.4 Å². The van der Waals surface area contributed by atoms with Gasteiger partial charge in [-0.2, -0.15) is 4.31 Å². The van der Waals surface area contributed by atoms with E-state index in [1.165, 1.54) is 24.0 Å². The maximum absolute atomic E-state index is 12.6. The Balaban J connectivity index is 0.00000147. The molecule has 1 N–H and O–H groups in total. The van der Waals surface area contributed by atoms with Gasteiger partial charge in [-0.25, -0.2) is 8.42 Å². The van der Waals surface area contributed by atoms with Crippen LogP contribution in [0.3, 0.4) is 0 Å². The minimum absolute atomic E-state index is 0. The van der Waals surface area contributed by atoms with Crippen LogP contribution >= 0.6 is 12.4 Å². The molecule has 0 aromatic heterocycles. The zero-order valence-electron chi connectivity index (χ0n) is 11.5. The number of sulfonamides is 1. The topological polar surface area (TPSA) is 49.4 Å². The van der Waals surface area contributed by atoms with Crippen LogP contribution in [0.1, 0.15) is 24.0 Å². The lowest BCUT2D eigenvalue weighted by Gasteiger charge is -2.27. The Bertz CT molecular complexity index is 569. The SMILES string of the molecule is Cl.O=S(=O)(c1ccc2c(c1)CCCC2)N1CCNCC1. The van der Waals surface area contributed by atoms with E-state index in [9.17, 15) is 8.42 Å². The third-order valence-corrected chi connectivity index (χ3v) is 5.93. The molecule has 6 heteroatoms. The molecule has 0 bridgehead atoms. The molecule has 0 amide bonds. The number of piperazine rings is 1. The smallest absolute Gasteiger partial charge is 0.243 e. The summed E-state index contributed by atoms with van der Waals surface area (Å²) in [5.41, 5.74) is 2.55. The van der Waals surface area contributed by atoms with Crippen LogP contribution in [0.25, 0.3) is 0 Å². The van der Waals surface area contributed by atoms with Gasteiger partial charge in [-0.3, -0.25) is 0 Å². The number of halogens is 1. The number of rotatable bonds is 2. The minimum atomic E-state index is -3.30. The lowest BCUT2D eigenvalue weighted by atomic mass is 9.92. The lowest BCUT2D eigenvalue weighted by Crippen LogP contribution is -2.46. The maximum atomic E-state index is 12.6. The number of nitrogens with one attached hydrogen (secondary N) is 1. The fraction of sp³-hybridized carbons (Fsp3) is 0.571. The molecular formula is C14H21ClN2O2S. The van der Waals surface area contributed by atoms with Crippen LogP contribution < -0.4 is 5.32 Å². The molecule has 0 atom stereocenters. The Morgan fingerprint density at radius 1 is 1.00 bits per heavy atom. The van der Waals surface area contributed by atoms with Gasteiger partial charge in [0.25, 0.3) is 0 Å². The predicted octanol–water partition coefficient (Wildman–Crippen LogP) is 1.58. The number of hydrogen-bond donors (Lipinski definition) is 1. The molecule has 4 nitrogen and oxygen atoms in total. The number of aryl methyl sites for hydroxylation is 2. The van der Waals surface area contributed by atoms with E-state index >= 15 is 0 Å². The Morgan fingerprint density at radius 3 is 2.35 bits per heavy atom. The number of hydrogen-bond acceptors (Lipinski definition) is 3. The number of nitrogens with zero attached hydrogens (tertiary/aromatic N) is 1. The van der Waals surface area contributed by atoms with Crippen molar-refractivity contribution >= 4 is 22.4 Å². The molecule has 20 heavy (non-hydrogen) atoms. The van der Waals surface area contributed by atoms with E-state index in [2.05, 4.69) is 5.32 Å². The Kier molecular flexibility index (Phi) is 5.07. The molecule has 1 aliphatic carbocycles. The molecule has 1 aromatic rings. The quantitative estimate of drug-likeness (QED) is 0.901. The summed E-state index contributed by atoms with van der Waals surface area (Å²) >= 11 is 0. The summed E-state index contributed by atoms with van der Waals surface area (Å²) in [6, 6.07) is 5.68. The lowest BCUT2D eigenvalue weighted by molar-refractivity contribution is 0.360. The summed E-state index contributed by atoms with van der Waals surface area (Å²) in [5.74, 6) is 0. The van der Waals surface area contributed by atoms with Crippen LogP contribution in [-0.4, -0.2) is 38.9 Å². The van der Waals surface area contributed by atoms with E-state index in [0.29, 0.717) is 18.0 Å². The summed E-state index contributed by atoms with van der Waals surface area (Å²) in [6.07, 6.45) is 4.49. The highest BCUT2D eigenvalue weighted by molar-refractivity contribution is 7.89. The van der Waals surface area contributed by atoms with E-state index < -0.39 is 10.0 Å². The highest BCUT2D eigenvalue weighted by atomic mass is 35.5. The van der Waals surface area contributed by atoms with Crippen LogP contribution in [0, 0.1) is 0 Å². The van der Waals surface area contributed by atoms with Gasteiger partial charge < -0.3 is 5.32 Å². The van der Waals surface area contributed by atoms with Crippen molar-refractivity contribution in [2.24, 2.45) is 0 Å². The van der Waals surface area contributed by atoms with Crippen molar-refractivity contribution in [1.29, 1.82) is 0 Å². The van der Waals surface area contributed by atoms with Crippen molar-refractivity contribution in [1.82, 2.24) is 9.62 Å². The molecule has 1 aliphatic heterocycles. The number of fused-ring (bicyclic) bond motifs is 1. The second-order valence-electron chi connectivity index (χ2n) is 5.29.